The molecule has 0 unspecified atom stereocenters. The van der Waals surface area contributed by atoms with Gasteiger partial charge in [-0.05, 0) is 66.8 Å². The van der Waals surface area contributed by atoms with Gasteiger partial charge in [0.25, 0.3) is 0 Å². The molecule has 1 heterocycles. The fourth-order valence-corrected chi connectivity index (χ4v) is 2.73. The number of phenolic OH excluding ortho intramolecular Hbond substituents is 1. The Balaban J connectivity index is 1.48. The summed E-state index contributed by atoms with van der Waals surface area (Å²) in [6.45, 7) is 4.05. The van der Waals surface area contributed by atoms with Crippen LogP contribution in [0.4, 0.5) is 10.1 Å². The summed E-state index contributed by atoms with van der Waals surface area (Å²) in [4.78, 5) is 3.69. The van der Waals surface area contributed by atoms with E-state index < -0.39 is 5.95 Å². The van der Waals surface area contributed by atoms with Crippen LogP contribution >= 0.6 is 0 Å². The van der Waals surface area contributed by atoms with Gasteiger partial charge < -0.3 is 10.4 Å². The fourth-order valence-electron chi connectivity index (χ4n) is 2.73. The summed E-state index contributed by atoms with van der Waals surface area (Å²) in [6.07, 6.45) is 4.35. The van der Waals surface area contributed by atoms with Crippen LogP contribution in [0.3, 0.4) is 0 Å². The molecular weight excluding hydrogens is 327 g/mol. The number of aryl methyl sites for hydroxylation is 1. The Kier molecular flexibility index (Phi) is 5.64. The minimum atomic E-state index is -0.466. The topological polar surface area (TPSA) is 45.2 Å². The van der Waals surface area contributed by atoms with Crippen LogP contribution in [0.5, 0.6) is 5.75 Å². The number of hydrogen-bond donors (Lipinski definition) is 2. The first-order chi connectivity index (χ1) is 12.6. The quantitative estimate of drug-likeness (QED) is 0.435. The minimum Gasteiger partial charge on any atom is -0.508 e. The molecule has 0 saturated heterocycles. The lowest BCUT2D eigenvalue weighted by Gasteiger charge is -2.10. The highest BCUT2D eigenvalue weighted by molar-refractivity contribution is 5.62. The van der Waals surface area contributed by atoms with E-state index in [-0.39, 0.29) is 5.75 Å². The first-order valence-electron chi connectivity index (χ1n) is 8.55. The largest absolute Gasteiger partial charge is 0.508 e. The molecule has 0 spiro atoms. The average molecular weight is 348 g/mol. The van der Waals surface area contributed by atoms with E-state index >= 15 is 0 Å². The Morgan fingerprint density at radius 1 is 0.962 bits per heavy atom. The maximum absolute atomic E-state index is 12.9. The molecule has 0 aliphatic heterocycles. The van der Waals surface area contributed by atoms with E-state index in [0.29, 0.717) is 0 Å². The zero-order valence-corrected chi connectivity index (χ0v) is 14.5. The Labute approximate surface area is 152 Å². The highest BCUT2D eigenvalue weighted by atomic mass is 19.1. The molecule has 0 aliphatic rings. The first kappa shape index (κ1) is 17.7. The molecule has 132 valence electrons. The van der Waals surface area contributed by atoms with Crippen molar-refractivity contribution in [2.24, 2.45) is 0 Å². The van der Waals surface area contributed by atoms with Crippen molar-refractivity contribution in [1.82, 2.24) is 4.98 Å². The van der Waals surface area contributed by atoms with Gasteiger partial charge in [0.15, 0.2) is 0 Å². The maximum atomic E-state index is 12.9. The Morgan fingerprint density at radius 2 is 1.65 bits per heavy atom. The van der Waals surface area contributed by atoms with Crippen LogP contribution < -0.4 is 5.32 Å². The second-order valence-corrected chi connectivity index (χ2v) is 6.20. The Hall–Kier alpha value is -3.14. The van der Waals surface area contributed by atoms with Crippen molar-refractivity contribution in [2.75, 3.05) is 5.32 Å². The zero-order chi connectivity index (χ0) is 18.4. The summed E-state index contributed by atoms with van der Waals surface area (Å²) in [7, 11) is 0. The van der Waals surface area contributed by atoms with Crippen molar-refractivity contribution in [2.45, 2.75) is 19.3 Å². The van der Waals surface area contributed by atoms with Crippen LogP contribution in [-0.4, -0.2) is 10.1 Å². The first-order valence-corrected chi connectivity index (χ1v) is 8.55. The Bertz CT molecular complexity index is 856. The van der Waals surface area contributed by atoms with Gasteiger partial charge in [-0.3, -0.25) is 0 Å². The van der Waals surface area contributed by atoms with Gasteiger partial charge in [0.05, 0.1) is 0 Å². The minimum absolute atomic E-state index is 0.251. The van der Waals surface area contributed by atoms with E-state index in [1.807, 2.05) is 24.3 Å². The number of phenols is 1. The Morgan fingerprint density at radius 3 is 2.31 bits per heavy atom. The van der Waals surface area contributed by atoms with Crippen LogP contribution in [0.1, 0.15) is 18.4 Å². The SMILES string of the molecule is C=C(CCCc1ccc(-c2ccc(F)nc2)cc1)Nc1ccc(O)cc1. The standard InChI is InChI=1S/C22H21FN2O/c1-16(25-20-10-12-21(26)13-11-20)3-2-4-17-5-7-18(8-6-17)19-9-14-22(23)24-15-19/h5-15,25-26H,1-4H2. The van der Waals surface area contributed by atoms with Crippen LogP contribution in [0, 0.1) is 5.95 Å². The van der Waals surface area contributed by atoms with Crippen molar-refractivity contribution in [3.8, 4) is 16.9 Å². The molecule has 3 rings (SSSR count). The molecule has 0 amide bonds. The maximum Gasteiger partial charge on any atom is 0.212 e. The molecule has 0 fully saturated rings. The summed E-state index contributed by atoms with van der Waals surface area (Å²) in [5.41, 5.74) is 5.06. The third-order valence-electron chi connectivity index (χ3n) is 4.15. The molecule has 0 radical (unpaired) electrons. The summed E-state index contributed by atoms with van der Waals surface area (Å²) in [6, 6.07) is 18.3. The van der Waals surface area contributed by atoms with E-state index in [9.17, 15) is 9.50 Å². The molecule has 2 N–H and O–H groups in total. The average Bonchev–Trinajstić information content (AvgIpc) is 2.65. The molecule has 0 atom stereocenters. The van der Waals surface area contributed by atoms with Crippen molar-refractivity contribution < 1.29 is 9.50 Å². The number of pyridine rings is 1. The third kappa shape index (κ3) is 4.93. The number of nitrogens with one attached hydrogen (secondary N) is 1. The lowest BCUT2D eigenvalue weighted by atomic mass is 10.0. The second kappa shape index (κ2) is 8.30. The number of anilines is 1. The predicted molar refractivity (Wildman–Crippen MR) is 103 cm³/mol. The normalized spacial score (nSPS) is 10.5. The smallest absolute Gasteiger partial charge is 0.212 e. The van der Waals surface area contributed by atoms with Gasteiger partial charge in [-0.2, -0.15) is 4.39 Å². The molecule has 0 aliphatic carbocycles. The summed E-state index contributed by atoms with van der Waals surface area (Å²) in [5, 5.41) is 12.5. The summed E-state index contributed by atoms with van der Waals surface area (Å²) >= 11 is 0. The van der Waals surface area contributed by atoms with Gasteiger partial charge >= 0.3 is 0 Å². The van der Waals surface area contributed by atoms with E-state index in [4.69, 9.17) is 0 Å². The summed E-state index contributed by atoms with van der Waals surface area (Å²) < 4.78 is 12.9. The van der Waals surface area contributed by atoms with Gasteiger partial charge in [-0.15, -0.1) is 0 Å². The lowest BCUT2D eigenvalue weighted by Crippen LogP contribution is -1.98. The number of hydrogen-bond acceptors (Lipinski definition) is 3. The van der Waals surface area contributed by atoms with Crippen LogP contribution in [-0.2, 0) is 6.42 Å². The zero-order valence-electron chi connectivity index (χ0n) is 14.5. The second-order valence-electron chi connectivity index (χ2n) is 6.20. The van der Waals surface area contributed by atoms with Crippen LogP contribution in [0.25, 0.3) is 11.1 Å². The molecule has 2 aromatic carbocycles. The lowest BCUT2D eigenvalue weighted by molar-refractivity contribution is 0.475. The molecular formula is C22H21FN2O. The highest BCUT2D eigenvalue weighted by Crippen LogP contribution is 2.21. The predicted octanol–water partition coefficient (Wildman–Crippen LogP) is 5.54. The highest BCUT2D eigenvalue weighted by Gasteiger charge is 2.01. The molecule has 3 aromatic rings. The van der Waals surface area contributed by atoms with Crippen molar-refractivity contribution in [3.05, 3.63) is 90.6 Å². The van der Waals surface area contributed by atoms with Crippen molar-refractivity contribution >= 4 is 5.69 Å². The van der Waals surface area contributed by atoms with Gasteiger partial charge in [0.1, 0.15) is 5.75 Å². The molecule has 26 heavy (non-hydrogen) atoms. The van der Waals surface area contributed by atoms with E-state index in [1.165, 1.54) is 11.6 Å². The van der Waals surface area contributed by atoms with Crippen molar-refractivity contribution in [1.29, 1.82) is 0 Å². The molecule has 1 aromatic heterocycles. The van der Waals surface area contributed by atoms with E-state index in [0.717, 1.165) is 41.8 Å². The number of halogens is 1. The molecule has 0 bridgehead atoms. The van der Waals surface area contributed by atoms with Gasteiger partial charge in [-0.25, -0.2) is 4.98 Å². The van der Waals surface area contributed by atoms with E-state index in [1.54, 1.807) is 24.4 Å². The van der Waals surface area contributed by atoms with Crippen molar-refractivity contribution in [3.63, 3.8) is 0 Å². The molecule has 4 heteroatoms. The van der Waals surface area contributed by atoms with Crippen LogP contribution in [0.2, 0.25) is 0 Å². The van der Waals surface area contributed by atoms with Crippen LogP contribution in [0.15, 0.2) is 79.1 Å². The monoisotopic (exact) mass is 348 g/mol. The number of benzene rings is 2. The number of aromatic hydroxyl groups is 1. The third-order valence-corrected chi connectivity index (χ3v) is 4.15. The van der Waals surface area contributed by atoms with E-state index in [2.05, 4.69) is 29.0 Å². The summed E-state index contributed by atoms with van der Waals surface area (Å²) in [5.74, 6) is -0.215. The van der Waals surface area contributed by atoms with Gasteiger partial charge in [-0.1, -0.05) is 30.8 Å². The van der Waals surface area contributed by atoms with Gasteiger partial charge in [0, 0.05) is 23.1 Å². The molecule has 3 nitrogen and oxygen atoms in total. The molecule has 0 saturated carbocycles. The number of nitrogens with zero attached hydrogens (tertiary/aromatic N) is 1. The number of aromatic nitrogens is 1. The number of allylic oxidation sites excluding steroid dienone is 1. The fraction of sp³-hybridized carbons (Fsp3) is 0.136. The van der Waals surface area contributed by atoms with Gasteiger partial charge in [0.2, 0.25) is 5.95 Å². The number of rotatable bonds is 7.